The summed E-state index contributed by atoms with van der Waals surface area (Å²) in [6.45, 7) is 4.20. The Kier molecular flexibility index (Phi) is 6.75. The average molecular weight is 312 g/mol. The first kappa shape index (κ1) is 17.6. The van der Waals surface area contributed by atoms with E-state index in [0.717, 1.165) is 19.3 Å². The SMILES string of the molecule is CC(C)N[C@@H](CC1=C\CCCC=c2cccc\c2=C\1)C(=O)CN. The minimum absolute atomic E-state index is 0.0766. The molecule has 0 heterocycles. The molecular formula is C20H28N2O. The van der Waals surface area contributed by atoms with Crippen LogP contribution in [0.5, 0.6) is 0 Å². The van der Waals surface area contributed by atoms with Gasteiger partial charge in [-0.1, -0.05) is 56.3 Å². The van der Waals surface area contributed by atoms with E-state index in [4.69, 9.17) is 5.73 Å². The van der Waals surface area contributed by atoms with Crippen molar-refractivity contribution in [1.29, 1.82) is 0 Å². The molecule has 0 aliphatic heterocycles. The van der Waals surface area contributed by atoms with Gasteiger partial charge in [0.15, 0.2) is 5.78 Å². The number of fused-ring (bicyclic) bond motifs is 1. The van der Waals surface area contributed by atoms with Crippen LogP contribution in [0, 0.1) is 0 Å². The van der Waals surface area contributed by atoms with Crippen molar-refractivity contribution in [3.63, 3.8) is 0 Å². The van der Waals surface area contributed by atoms with E-state index in [1.54, 1.807) is 0 Å². The largest absolute Gasteiger partial charge is 0.324 e. The standard InChI is InChI=1S/C20H28N2O/c1-15(2)22-19(20(23)14-21)13-16-8-4-3-5-9-17-10-6-7-11-18(17)12-16/h6-12,15,19,22H,3-5,13-14,21H2,1-2H3/b16-8-,17-9?,18-12-/t19-/m0/s1. The van der Waals surface area contributed by atoms with Gasteiger partial charge in [0, 0.05) is 6.04 Å². The van der Waals surface area contributed by atoms with Crippen molar-refractivity contribution in [3.05, 3.63) is 46.4 Å². The fourth-order valence-corrected chi connectivity index (χ4v) is 2.94. The maximum absolute atomic E-state index is 12.2. The Labute approximate surface area is 139 Å². The van der Waals surface area contributed by atoms with Gasteiger partial charge in [0.2, 0.25) is 0 Å². The molecule has 23 heavy (non-hydrogen) atoms. The summed E-state index contributed by atoms with van der Waals surface area (Å²) in [5.74, 6) is 0.0766. The summed E-state index contributed by atoms with van der Waals surface area (Å²) in [6, 6.07) is 8.48. The molecule has 0 amide bonds. The normalized spacial score (nSPS) is 19.8. The zero-order chi connectivity index (χ0) is 16.7. The molecule has 0 fully saturated rings. The Morgan fingerprint density at radius 1 is 1.17 bits per heavy atom. The number of ketones is 1. The van der Waals surface area contributed by atoms with Crippen LogP contribution in [0.2, 0.25) is 0 Å². The van der Waals surface area contributed by atoms with Gasteiger partial charge < -0.3 is 11.1 Å². The van der Waals surface area contributed by atoms with Gasteiger partial charge >= 0.3 is 0 Å². The summed E-state index contributed by atoms with van der Waals surface area (Å²) in [6.07, 6.45) is 10.8. The zero-order valence-electron chi connectivity index (χ0n) is 14.2. The van der Waals surface area contributed by atoms with Crippen molar-refractivity contribution in [3.8, 4) is 0 Å². The Morgan fingerprint density at radius 3 is 2.57 bits per heavy atom. The lowest BCUT2D eigenvalue weighted by molar-refractivity contribution is -0.119. The maximum Gasteiger partial charge on any atom is 0.163 e. The van der Waals surface area contributed by atoms with Crippen molar-refractivity contribution >= 4 is 17.9 Å². The smallest absolute Gasteiger partial charge is 0.163 e. The fraction of sp³-hybridized carbons (Fsp3) is 0.450. The molecule has 3 nitrogen and oxygen atoms in total. The third kappa shape index (κ3) is 5.45. The van der Waals surface area contributed by atoms with Gasteiger partial charge in [-0.3, -0.25) is 4.79 Å². The Balaban J connectivity index is 2.32. The van der Waals surface area contributed by atoms with E-state index >= 15 is 0 Å². The summed E-state index contributed by atoms with van der Waals surface area (Å²) in [7, 11) is 0. The predicted molar refractivity (Wildman–Crippen MR) is 97.3 cm³/mol. The molecule has 3 heteroatoms. The second kappa shape index (κ2) is 8.80. The lowest BCUT2D eigenvalue weighted by Gasteiger charge is -2.20. The molecule has 1 aliphatic carbocycles. The summed E-state index contributed by atoms with van der Waals surface area (Å²) >= 11 is 0. The molecule has 0 saturated heterocycles. The highest BCUT2D eigenvalue weighted by molar-refractivity contribution is 5.86. The third-order valence-electron chi connectivity index (χ3n) is 4.08. The van der Waals surface area contributed by atoms with Crippen LogP contribution in [0.1, 0.15) is 39.5 Å². The van der Waals surface area contributed by atoms with Crippen LogP contribution in [0.15, 0.2) is 35.9 Å². The molecule has 1 aromatic carbocycles. The highest BCUT2D eigenvalue weighted by Crippen LogP contribution is 2.13. The Hall–Kier alpha value is -1.71. The van der Waals surface area contributed by atoms with Gasteiger partial charge in [-0.25, -0.2) is 0 Å². The number of Topliss-reactive ketones (excluding diaryl/α,β-unsaturated/α-hetero) is 1. The van der Waals surface area contributed by atoms with Gasteiger partial charge in [-0.2, -0.15) is 0 Å². The molecule has 1 atom stereocenters. The molecule has 2 rings (SSSR count). The summed E-state index contributed by atoms with van der Waals surface area (Å²) in [5, 5.41) is 5.86. The molecular weight excluding hydrogens is 284 g/mol. The number of carbonyl (C=O) groups is 1. The number of rotatable bonds is 6. The van der Waals surface area contributed by atoms with Gasteiger partial charge in [0.05, 0.1) is 12.6 Å². The Morgan fingerprint density at radius 2 is 1.87 bits per heavy atom. The molecule has 0 spiro atoms. The lowest BCUT2D eigenvalue weighted by Crippen LogP contribution is -2.43. The van der Waals surface area contributed by atoms with Crippen molar-refractivity contribution in [2.45, 2.75) is 51.6 Å². The molecule has 0 unspecified atom stereocenters. The number of allylic oxidation sites excluding steroid dienone is 1. The summed E-state index contributed by atoms with van der Waals surface area (Å²) in [5.41, 5.74) is 6.80. The quantitative estimate of drug-likeness (QED) is 0.840. The van der Waals surface area contributed by atoms with Crippen molar-refractivity contribution < 1.29 is 4.79 Å². The number of hydrogen-bond donors (Lipinski definition) is 2. The minimum Gasteiger partial charge on any atom is -0.324 e. The van der Waals surface area contributed by atoms with E-state index in [-0.39, 0.29) is 24.4 Å². The second-order valence-corrected chi connectivity index (χ2v) is 6.44. The fourth-order valence-electron chi connectivity index (χ4n) is 2.94. The topological polar surface area (TPSA) is 55.1 Å². The molecule has 0 saturated carbocycles. The van der Waals surface area contributed by atoms with Crippen molar-refractivity contribution in [2.75, 3.05) is 6.54 Å². The van der Waals surface area contributed by atoms with Crippen LogP contribution in [-0.2, 0) is 4.79 Å². The molecule has 3 N–H and O–H groups in total. The van der Waals surface area contributed by atoms with E-state index in [9.17, 15) is 4.79 Å². The van der Waals surface area contributed by atoms with Gasteiger partial charge in [0.1, 0.15) is 0 Å². The number of carbonyl (C=O) groups excluding carboxylic acids is 1. The van der Waals surface area contributed by atoms with E-state index in [1.165, 1.54) is 16.0 Å². The summed E-state index contributed by atoms with van der Waals surface area (Å²) in [4.78, 5) is 12.2. The van der Waals surface area contributed by atoms with Crippen LogP contribution in [0.4, 0.5) is 0 Å². The van der Waals surface area contributed by atoms with E-state index < -0.39 is 0 Å². The van der Waals surface area contributed by atoms with Crippen LogP contribution in [0.3, 0.4) is 0 Å². The highest BCUT2D eigenvalue weighted by atomic mass is 16.1. The number of benzene rings is 1. The van der Waals surface area contributed by atoms with E-state index in [0.29, 0.717) is 6.42 Å². The van der Waals surface area contributed by atoms with E-state index in [2.05, 4.69) is 61.7 Å². The van der Waals surface area contributed by atoms with Crippen LogP contribution in [0.25, 0.3) is 12.2 Å². The monoisotopic (exact) mass is 312 g/mol. The number of nitrogens with two attached hydrogens (primary N) is 1. The Bertz CT molecular complexity index is 673. The highest BCUT2D eigenvalue weighted by Gasteiger charge is 2.18. The average Bonchev–Trinajstić information content (AvgIpc) is 2.63. The number of hydrogen-bond acceptors (Lipinski definition) is 3. The summed E-state index contributed by atoms with van der Waals surface area (Å²) < 4.78 is 0. The molecule has 124 valence electrons. The molecule has 0 aromatic heterocycles. The van der Waals surface area contributed by atoms with Gasteiger partial charge in [-0.15, -0.1) is 0 Å². The first-order chi connectivity index (χ1) is 11.1. The van der Waals surface area contributed by atoms with Crippen molar-refractivity contribution in [2.24, 2.45) is 5.73 Å². The van der Waals surface area contributed by atoms with Crippen LogP contribution >= 0.6 is 0 Å². The molecule has 1 aliphatic rings. The molecule has 0 radical (unpaired) electrons. The third-order valence-corrected chi connectivity index (χ3v) is 4.08. The maximum atomic E-state index is 12.2. The van der Waals surface area contributed by atoms with Crippen LogP contribution in [-0.4, -0.2) is 24.4 Å². The first-order valence-electron chi connectivity index (χ1n) is 8.55. The number of nitrogens with one attached hydrogen (secondary N) is 1. The first-order valence-corrected chi connectivity index (χ1v) is 8.55. The molecule has 1 aromatic rings. The molecule has 0 bridgehead atoms. The van der Waals surface area contributed by atoms with Gasteiger partial charge in [-0.05, 0) is 41.7 Å². The second-order valence-electron chi connectivity index (χ2n) is 6.44. The zero-order valence-corrected chi connectivity index (χ0v) is 14.2. The van der Waals surface area contributed by atoms with Crippen molar-refractivity contribution in [1.82, 2.24) is 5.32 Å². The van der Waals surface area contributed by atoms with Crippen LogP contribution < -0.4 is 21.5 Å². The van der Waals surface area contributed by atoms with Gasteiger partial charge in [0.25, 0.3) is 0 Å². The van der Waals surface area contributed by atoms with E-state index in [1.807, 2.05) is 0 Å². The predicted octanol–water partition coefficient (Wildman–Crippen LogP) is 1.64. The minimum atomic E-state index is -0.209. The lowest BCUT2D eigenvalue weighted by atomic mass is 9.99.